The number of hydrogen-bond acceptors (Lipinski definition) is 3. The van der Waals surface area contributed by atoms with Crippen LogP contribution >= 0.6 is 0 Å². The zero-order valence-corrected chi connectivity index (χ0v) is 18.9. The molecular formula is C21H29NO3SSi. The highest BCUT2D eigenvalue weighted by atomic mass is 32.2. The van der Waals surface area contributed by atoms with Gasteiger partial charge in [-0.15, -0.1) is 6.42 Å². The summed E-state index contributed by atoms with van der Waals surface area (Å²) in [5.41, 5.74) is 1.00. The molecule has 0 atom stereocenters. The Hall–Kier alpha value is -1.81. The lowest BCUT2D eigenvalue weighted by Crippen LogP contribution is -2.48. The molecule has 27 heavy (non-hydrogen) atoms. The first-order chi connectivity index (χ1) is 12.4. The Labute approximate surface area is 164 Å². The van der Waals surface area contributed by atoms with Crippen molar-refractivity contribution in [3.63, 3.8) is 0 Å². The van der Waals surface area contributed by atoms with Crippen molar-refractivity contribution in [3.8, 4) is 12.3 Å². The van der Waals surface area contributed by atoms with E-state index >= 15 is 0 Å². The molecule has 0 radical (unpaired) electrons. The molecule has 2 rings (SSSR count). The van der Waals surface area contributed by atoms with Crippen LogP contribution in [0, 0.1) is 19.3 Å². The van der Waals surface area contributed by atoms with E-state index in [1.807, 2.05) is 19.1 Å². The van der Waals surface area contributed by atoms with Gasteiger partial charge in [-0.2, -0.15) is 4.31 Å². The van der Waals surface area contributed by atoms with E-state index in [4.69, 9.17) is 10.8 Å². The summed E-state index contributed by atoms with van der Waals surface area (Å²) >= 11 is 0. The summed E-state index contributed by atoms with van der Waals surface area (Å²) in [6.07, 6.45) is 5.43. The maximum atomic E-state index is 13.0. The van der Waals surface area contributed by atoms with Gasteiger partial charge < -0.3 is 4.42 Å². The Balaban J connectivity index is 2.32. The molecule has 0 fully saturated rings. The van der Waals surface area contributed by atoms with Crippen molar-refractivity contribution >= 4 is 23.5 Å². The van der Waals surface area contributed by atoms with Crippen molar-refractivity contribution in [3.05, 3.63) is 47.7 Å². The van der Waals surface area contributed by atoms with Crippen molar-refractivity contribution in [2.45, 2.75) is 57.3 Å². The second-order valence-corrected chi connectivity index (χ2v) is 15.6. The standard InChI is InChI=1S/C21H29NO3SSi/c1-8-15-22(26(23,24)19-12-9-17(2)10-13-19)16-18-11-14-20(25-18)27(6,7)21(3,4)5/h1,9-14H,15-16H2,2-7H3. The quantitative estimate of drug-likeness (QED) is 0.538. The molecule has 0 bridgehead atoms. The third kappa shape index (κ3) is 4.54. The molecule has 0 saturated heterocycles. The van der Waals surface area contributed by atoms with E-state index in [-0.39, 0.29) is 23.0 Å². The molecule has 0 saturated carbocycles. The first kappa shape index (κ1) is 21.5. The van der Waals surface area contributed by atoms with Crippen LogP contribution in [-0.4, -0.2) is 27.3 Å². The van der Waals surface area contributed by atoms with Crippen molar-refractivity contribution in [2.75, 3.05) is 6.54 Å². The van der Waals surface area contributed by atoms with Crippen LogP contribution in [0.1, 0.15) is 32.1 Å². The normalized spacial score (nSPS) is 13.0. The molecule has 1 aromatic heterocycles. The molecule has 0 aliphatic carbocycles. The molecule has 1 aromatic carbocycles. The summed E-state index contributed by atoms with van der Waals surface area (Å²) in [7, 11) is -5.51. The van der Waals surface area contributed by atoms with Crippen LogP contribution in [0.2, 0.25) is 18.1 Å². The molecule has 0 amide bonds. The Morgan fingerprint density at radius 3 is 2.22 bits per heavy atom. The predicted molar refractivity (Wildman–Crippen MR) is 113 cm³/mol. The van der Waals surface area contributed by atoms with Crippen molar-refractivity contribution in [1.29, 1.82) is 0 Å². The van der Waals surface area contributed by atoms with Gasteiger partial charge in [-0.05, 0) is 36.2 Å². The smallest absolute Gasteiger partial charge is 0.244 e. The molecule has 0 unspecified atom stereocenters. The summed E-state index contributed by atoms with van der Waals surface area (Å²) in [6.45, 7) is 13.2. The number of furan rings is 1. The SMILES string of the molecule is C#CCN(Cc1ccc([Si](C)(C)C(C)(C)C)o1)S(=O)(=O)c1ccc(C)cc1. The lowest BCUT2D eigenvalue weighted by atomic mass is 10.2. The van der Waals surface area contributed by atoms with E-state index in [0.29, 0.717) is 5.76 Å². The van der Waals surface area contributed by atoms with E-state index < -0.39 is 18.1 Å². The predicted octanol–water partition coefficient (Wildman–Crippen LogP) is 4.13. The molecule has 4 nitrogen and oxygen atoms in total. The first-order valence-electron chi connectivity index (χ1n) is 8.99. The number of sulfonamides is 1. The largest absolute Gasteiger partial charge is 0.470 e. The van der Waals surface area contributed by atoms with Crippen LogP contribution in [0.15, 0.2) is 45.7 Å². The highest BCUT2D eigenvalue weighted by molar-refractivity contribution is 7.89. The van der Waals surface area contributed by atoms with Crippen LogP contribution in [-0.2, 0) is 16.6 Å². The van der Waals surface area contributed by atoms with Crippen LogP contribution in [0.4, 0.5) is 0 Å². The number of hydrogen-bond donors (Lipinski definition) is 0. The van der Waals surface area contributed by atoms with Crippen LogP contribution in [0.3, 0.4) is 0 Å². The Bertz CT molecular complexity index is 929. The minimum Gasteiger partial charge on any atom is -0.470 e. The third-order valence-corrected chi connectivity index (χ3v) is 12.5. The van der Waals surface area contributed by atoms with Crippen molar-refractivity contribution in [1.82, 2.24) is 4.31 Å². The molecular weight excluding hydrogens is 374 g/mol. The molecule has 0 N–H and O–H groups in total. The van der Waals surface area contributed by atoms with Crippen LogP contribution in [0.5, 0.6) is 0 Å². The fraction of sp³-hybridized carbons (Fsp3) is 0.429. The third-order valence-electron chi connectivity index (χ3n) is 5.41. The highest BCUT2D eigenvalue weighted by Crippen LogP contribution is 2.35. The van der Waals surface area contributed by atoms with Crippen molar-refractivity contribution in [2.24, 2.45) is 0 Å². The summed E-state index contributed by atoms with van der Waals surface area (Å²) in [5, 5.41) is 1.10. The van der Waals surface area contributed by atoms with E-state index in [2.05, 4.69) is 39.8 Å². The number of nitrogens with zero attached hydrogens (tertiary/aromatic N) is 1. The van der Waals surface area contributed by atoms with Gasteiger partial charge in [-0.1, -0.05) is 57.5 Å². The van der Waals surface area contributed by atoms with E-state index in [1.54, 1.807) is 24.3 Å². The minimum absolute atomic E-state index is 0.00760. The Morgan fingerprint density at radius 2 is 1.70 bits per heavy atom. The van der Waals surface area contributed by atoms with E-state index in [1.165, 1.54) is 4.31 Å². The molecule has 0 aliphatic rings. The van der Waals surface area contributed by atoms with Gasteiger partial charge in [0.2, 0.25) is 10.0 Å². The number of aryl methyl sites for hydroxylation is 1. The lowest BCUT2D eigenvalue weighted by Gasteiger charge is -2.34. The maximum Gasteiger partial charge on any atom is 0.244 e. The van der Waals surface area contributed by atoms with Gasteiger partial charge in [-0.3, -0.25) is 0 Å². The summed E-state index contributed by atoms with van der Waals surface area (Å²) < 4.78 is 33.4. The number of benzene rings is 1. The molecule has 1 heterocycles. The molecule has 2 aromatic rings. The van der Waals surface area contributed by atoms with Gasteiger partial charge in [0, 0.05) is 0 Å². The fourth-order valence-corrected chi connectivity index (χ4v) is 5.47. The van der Waals surface area contributed by atoms with Gasteiger partial charge in [-0.25, -0.2) is 8.42 Å². The maximum absolute atomic E-state index is 13.0. The van der Waals surface area contributed by atoms with Gasteiger partial charge in [0.25, 0.3) is 0 Å². The van der Waals surface area contributed by atoms with Crippen LogP contribution in [0.25, 0.3) is 0 Å². The lowest BCUT2D eigenvalue weighted by molar-refractivity contribution is 0.395. The minimum atomic E-state index is -3.69. The second kappa shape index (κ2) is 7.67. The first-order valence-corrected chi connectivity index (χ1v) is 13.4. The Kier molecular flexibility index (Phi) is 6.10. The zero-order chi connectivity index (χ0) is 20.5. The second-order valence-electron chi connectivity index (χ2n) is 8.43. The van der Waals surface area contributed by atoms with Gasteiger partial charge >= 0.3 is 0 Å². The highest BCUT2D eigenvalue weighted by Gasteiger charge is 2.40. The topological polar surface area (TPSA) is 50.5 Å². The van der Waals surface area contributed by atoms with Crippen LogP contribution < -0.4 is 5.38 Å². The molecule has 0 aliphatic heterocycles. The monoisotopic (exact) mass is 403 g/mol. The summed E-state index contributed by atoms with van der Waals surface area (Å²) in [6, 6.07) is 10.6. The molecule has 6 heteroatoms. The summed E-state index contributed by atoms with van der Waals surface area (Å²) in [4.78, 5) is 0.236. The van der Waals surface area contributed by atoms with Gasteiger partial charge in [0.1, 0.15) is 13.8 Å². The van der Waals surface area contributed by atoms with E-state index in [0.717, 1.165) is 10.9 Å². The van der Waals surface area contributed by atoms with E-state index in [9.17, 15) is 8.42 Å². The Morgan fingerprint density at radius 1 is 1.11 bits per heavy atom. The fourth-order valence-electron chi connectivity index (χ4n) is 2.53. The number of rotatable bonds is 6. The van der Waals surface area contributed by atoms with Gasteiger partial charge in [0.15, 0.2) is 0 Å². The van der Waals surface area contributed by atoms with Crippen molar-refractivity contribution < 1.29 is 12.8 Å². The molecule has 0 spiro atoms. The zero-order valence-electron chi connectivity index (χ0n) is 17.0. The molecule has 146 valence electrons. The van der Waals surface area contributed by atoms with Gasteiger partial charge in [0.05, 0.1) is 23.4 Å². The average molecular weight is 404 g/mol. The number of terminal acetylenes is 1. The summed E-state index contributed by atoms with van der Waals surface area (Å²) in [5.74, 6) is 3.06. The average Bonchev–Trinajstić information content (AvgIpc) is 3.03.